The van der Waals surface area contributed by atoms with E-state index < -0.39 is 0 Å². The lowest BCUT2D eigenvalue weighted by molar-refractivity contribution is -0.120. The Bertz CT molecular complexity index is 781. The van der Waals surface area contributed by atoms with Gasteiger partial charge in [0.1, 0.15) is 11.9 Å². The van der Waals surface area contributed by atoms with Crippen molar-refractivity contribution in [3.8, 4) is 0 Å². The molecule has 4 nitrogen and oxygen atoms in total. The van der Waals surface area contributed by atoms with Gasteiger partial charge in [-0.05, 0) is 61.4 Å². The average molecular weight is 343 g/mol. The summed E-state index contributed by atoms with van der Waals surface area (Å²) in [6.45, 7) is 10.6. The summed E-state index contributed by atoms with van der Waals surface area (Å²) in [5.74, 6) is -0.179. The van der Waals surface area contributed by atoms with Crippen molar-refractivity contribution >= 4 is 11.6 Å². The number of carbonyl (C=O) groups is 1. The van der Waals surface area contributed by atoms with Gasteiger partial charge in [0.25, 0.3) is 5.91 Å². The summed E-state index contributed by atoms with van der Waals surface area (Å²) in [7, 11) is 0. The minimum atomic E-state index is -0.278. The fourth-order valence-electron chi connectivity index (χ4n) is 3.43. The van der Waals surface area contributed by atoms with Gasteiger partial charge in [-0.1, -0.05) is 20.8 Å². The van der Waals surface area contributed by atoms with Crippen molar-refractivity contribution in [2.75, 3.05) is 11.4 Å². The van der Waals surface area contributed by atoms with Gasteiger partial charge in [-0.25, -0.2) is 4.39 Å². The third-order valence-electron chi connectivity index (χ3n) is 4.60. The smallest absolute Gasteiger partial charge is 0.251 e. The maximum absolute atomic E-state index is 13.9. The van der Waals surface area contributed by atoms with Gasteiger partial charge in [-0.2, -0.15) is 5.10 Å². The number of halogens is 1. The van der Waals surface area contributed by atoms with Gasteiger partial charge in [0.2, 0.25) is 0 Å². The van der Waals surface area contributed by atoms with Crippen molar-refractivity contribution in [1.82, 2.24) is 9.78 Å². The molecule has 1 atom stereocenters. The number of nitrogens with zero attached hydrogens (tertiary/aromatic N) is 3. The van der Waals surface area contributed by atoms with Crippen molar-refractivity contribution in [3.05, 3.63) is 47.0 Å². The van der Waals surface area contributed by atoms with Gasteiger partial charge >= 0.3 is 0 Å². The van der Waals surface area contributed by atoms with Gasteiger partial charge in [0.05, 0.1) is 5.69 Å². The van der Waals surface area contributed by atoms with Crippen LogP contribution in [-0.4, -0.2) is 22.2 Å². The molecule has 1 amide bonds. The molecule has 1 aliphatic rings. The number of anilines is 1. The van der Waals surface area contributed by atoms with Gasteiger partial charge in [-0.15, -0.1) is 0 Å². The maximum Gasteiger partial charge on any atom is 0.251 e. The average Bonchev–Trinajstić information content (AvgIpc) is 3.09. The molecule has 1 aromatic heterocycles. The zero-order chi connectivity index (χ0) is 18.4. The molecule has 0 radical (unpaired) electrons. The molecule has 2 heterocycles. The van der Waals surface area contributed by atoms with E-state index in [9.17, 15) is 9.18 Å². The van der Waals surface area contributed by atoms with Crippen LogP contribution < -0.4 is 4.90 Å². The van der Waals surface area contributed by atoms with Crippen molar-refractivity contribution in [2.45, 2.75) is 53.5 Å². The molecule has 134 valence electrons. The van der Waals surface area contributed by atoms with E-state index in [0.717, 1.165) is 17.8 Å². The molecule has 0 bridgehead atoms. The lowest BCUT2D eigenvalue weighted by Gasteiger charge is -2.19. The van der Waals surface area contributed by atoms with Gasteiger partial charge in [0.15, 0.2) is 0 Å². The first-order valence-corrected chi connectivity index (χ1v) is 8.78. The van der Waals surface area contributed by atoms with Crippen molar-refractivity contribution in [1.29, 1.82) is 0 Å². The Labute approximate surface area is 148 Å². The molecule has 0 aliphatic carbocycles. The molecule has 2 aromatic rings. The second-order valence-corrected chi connectivity index (χ2v) is 8.21. The van der Waals surface area contributed by atoms with Crippen LogP contribution in [0.5, 0.6) is 0 Å². The van der Waals surface area contributed by atoms with Crippen molar-refractivity contribution in [2.24, 2.45) is 5.41 Å². The van der Waals surface area contributed by atoms with Crippen LogP contribution in [0, 0.1) is 25.1 Å². The monoisotopic (exact) mass is 343 g/mol. The Morgan fingerprint density at radius 1 is 1.24 bits per heavy atom. The number of aryl methyl sites for hydroxylation is 2. The summed E-state index contributed by atoms with van der Waals surface area (Å²) >= 11 is 0. The Hall–Kier alpha value is -2.17. The SMILES string of the molecule is Cc1cc(N2CCC(n3ccc(CC(C)(C)C)n3)C2=O)cc(C)c1F. The summed E-state index contributed by atoms with van der Waals surface area (Å²) in [4.78, 5) is 14.6. The number of benzene rings is 1. The van der Waals surface area contributed by atoms with Crippen LogP contribution in [0.4, 0.5) is 10.1 Å². The molecule has 3 rings (SSSR count). The molecule has 0 saturated carbocycles. The summed E-state index contributed by atoms with van der Waals surface area (Å²) in [6, 6.07) is 5.21. The normalized spacial score (nSPS) is 18.2. The third-order valence-corrected chi connectivity index (χ3v) is 4.60. The molecule has 1 fully saturated rings. The highest BCUT2D eigenvalue weighted by Crippen LogP contribution is 2.31. The van der Waals surface area contributed by atoms with Crippen LogP contribution in [0.15, 0.2) is 24.4 Å². The first-order valence-electron chi connectivity index (χ1n) is 8.78. The molecule has 5 heteroatoms. The predicted octanol–water partition coefficient (Wildman–Crippen LogP) is 4.21. The Balaban J connectivity index is 1.81. The second-order valence-electron chi connectivity index (χ2n) is 8.21. The van der Waals surface area contributed by atoms with Crippen LogP contribution in [0.2, 0.25) is 0 Å². The largest absolute Gasteiger partial charge is 0.310 e. The van der Waals surface area contributed by atoms with E-state index in [0.29, 0.717) is 24.1 Å². The van der Waals surface area contributed by atoms with E-state index in [1.165, 1.54) is 0 Å². The highest BCUT2D eigenvalue weighted by molar-refractivity contribution is 5.98. The number of rotatable bonds is 3. The van der Waals surface area contributed by atoms with E-state index in [2.05, 4.69) is 25.9 Å². The van der Waals surface area contributed by atoms with E-state index in [1.54, 1.807) is 35.6 Å². The van der Waals surface area contributed by atoms with E-state index in [4.69, 9.17) is 0 Å². The van der Waals surface area contributed by atoms with Crippen LogP contribution in [0.1, 0.15) is 50.1 Å². The highest BCUT2D eigenvalue weighted by Gasteiger charge is 2.35. The van der Waals surface area contributed by atoms with Crippen LogP contribution in [-0.2, 0) is 11.2 Å². The Kier molecular flexibility index (Phi) is 4.43. The van der Waals surface area contributed by atoms with Crippen LogP contribution >= 0.6 is 0 Å². The van der Waals surface area contributed by atoms with Crippen molar-refractivity contribution in [3.63, 3.8) is 0 Å². The highest BCUT2D eigenvalue weighted by atomic mass is 19.1. The van der Waals surface area contributed by atoms with Crippen molar-refractivity contribution < 1.29 is 9.18 Å². The first kappa shape index (κ1) is 17.6. The maximum atomic E-state index is 13.9. The lowest BCUT2D eigenvalue weighted by atomic mass is 9.91. The number of aromatic nitrogens is 2. The summed E-state index contributed by atoms with van der Waals surface area (Å²) in [6.07, 6.45) is 3.49. The summed E-state index contributed by atoms with van der Waals surface area (Å²) < 4.78 is 15.6. The minimum absolute atomic E-state index is 0.0239. The summed E-state index contributed by atoms with van der Waals surface area (Å²) in [5, 5.41) is 4.61. The molecule has 25 heavy (non-hydrogen) atoms. The number of amides is 1. The standard InChI is InChI=1S/C20H26FN3O/c1-13-10-16(11-14(2)18(13)21)23-8-7-17(19(23)25)24-9-6-15(22-24)12-20(3,4)5/h6,9-11,17H,7-8,12H2,1-5H3. The Morgan fingerprint density at radius 2 is 1.88 bits per heavy atom. The zero-order valence-corrected chi connectivity index (χ0v) is 15.6. The third kappa shape index (κ3) is 3.60. The fourth-order valence-corrected chi connectivity index (χ4v) is 3.43. The number of carbonyl (C=O) groups excluding carboxylic acids is 1. The lowest BCUT2D eigenvalue weighted by Crippen LogP contribution is -2.28. The molecular formula is C20H26FN3O. The fraction of sp³-hybridized carbons (Fsp3) is 0.500. The molecular weight excluding hydrogens is 317 g/mol. The van der Waals surface area contributed by atoms with Crippen LogP contribution in [0.25, 0.3) is 0 Å². The number of hydrogen-bond donors (Lipinski definition) is 0. The molecule has 0 N–H and O–H groups in total. The zero-order valence-electron chi connectivity index (χ0n) is 15.6. The van der Waals surface area contributed by atoms with Gasteiger partial charge in [0, 0.05) is 18.4 Å². The van der Waals surface area contributed by atoms with Gasteiger partial charge in [-0.3, -0.25) is 9.48 Å². The predicted molar refractivity (Wildman–Crippen MR) is 97.3 cm³/mol. The van der Waals surface area contributed by atoms with E-state index in [-0.39, 0.29) is 23.2 Å². The molecule has 1 saturated heterocycles. The van der Waals surface area contributed by atoms with E-state index >= 15 is 0 Å². The molecule has 1 aliphatic heterocycles. The van der Waals surface area contributed by atoms with E-state index in [1.807, 2.05) is 12.3 Å². The first-order chi connectivity index (χ1) is 11.7. The molecule has 0 spiro atoms. The number of hydrogen-bond acceptors (Lipinski definition) is 2. The van der Waals surface area contributed by atoms with Gasteiger partial charge < -0.3 is 4.90 Å². The topological polar surface area (TPSA) is 38.1 Å². The summed E-state index contributed by atoms with van der Waals surface area (Å²) in [5.41, 5.74) is 3.07. The minimum Gasteiger partial charge on any atom is -0.310 e. The van der Waals surface area contributed by atoms with Crippen LogP contribution in [0.3, 0.4) is 0 Å². The Morgan fingerprint density at radius 3 is 2.48 bits per heavy atom. The quantitative estimate of drug-likeness (QED) is 0.837. The molecule has 1 unspecified atom stereocenters. The second kappa shape index (κ2) is 6.28. The molecule has 1 aromatic carbocycles.